The number of nitrogens with one attached hydrogen (secondary N) is 1. The average molecular weight is 445 g/mol. The Balaban J connectivity index is 1.40. The van der Waals surface area contributed by atoms with E-state index in [-0.39, 0.29) is 5.91 Å². The van der Waals surface area contributed by atoms with E-state index in [1.807, 2.05) is 52.8 Å². The molecule has 162 valence electrons. The minimum absolute atomic E-state index is 0.144. The molecule has 1 amide bonds. The Morgan fingerprint density at radius 1 is 1.03 bits per heavy atom. The molecule has 8 heteroatoms. The summed E-state index contributed by atoms with van der Waals surface area (Å²) >= 11 is 1.53. The van der Waals surface area contributed by atoms with Crippen LogP contribution in [0.1, 0.15) is 37.9 Å². The van der Waals surface area contributed by atoms with Crippen molar-refractivity contribution in [1.82, 2.24) is 30.0 Å². The van der Waals surface area contributed by atoms with Gasteiger partial charge in [-0.2, -0.15) is 5.10 Å². The van der Waals surface area contributed by atoms with E-state index in [0.717, 1.165) is 35.8 Å². The molecular formula is C24H24N6OS. The highest BCUT2D eigenvalue weighted by Gasteiger charge is 2.28. The molecule has 0 spiro atoms. The van der Waals surface area contributed by atoms with Crippen LogP contribution in [-0.2, 0) is 32.6 Å². The van der Waals surface area contributed by atoms with Gasteiger partial charge in [-0.05, 0) is 23.3 Å². The number of benzene rings is 1. The number of rotatable bonds is 7. The predicted octanol–water partition coefficient (Wildman–Crippen LogP) is 3.27. The van der Waals surface area contributed by atoms with Crippen molar-refractivity contribution >= 4 is 17.2 Å². The first-order chi connectivity index (χ1) is 15.8. The molecule has 32 heavy (non-hydrogen) atoms. The third-order valence-corrected chi connectivity index (χ3v) is 6.42. The van der Waals surface area contributed by atoms with E-state index >= 15 is 0 Å². The van der Waals surface area contributed by atoms with Crippen LogP contribution in [0.15, 0.2) is 66.4 Å². The first-order valence-electron chi connectivity index (χ1n) is 10.7. The van der Waals surface area contributed by atoms with Gasteiger partial charge in [0.2, 0.25) is 0 Å². The number of hydrogen-bond acceptors (Lipinski definition) is 6. The van der Waals surface area contributed by atoms with Gasteiger partial charge < -0.3 is 5.32 Å². The minimum Gasteiger partial charge on any atom is -0.344 e. The monoisotopic (exact) mass is 444 g/mol. The molecule has 0 aliphatic carbocycles. The Kier molecular flexibility index (Phi) is 6.04. The summed E-state index contributed by atoms with van der Waals surface area (Å²) in [7, 11) is 0. The Bertz CT molecular complexity index is 1170. The van der Waals surface area contributed by atoms with Crippen LogP contribution in [0.2, 0.25) is 0 Å². The van der Waals surface area contributed by atoms with E-state index in [0.29, 0.717) is 25.3 Å². The molecule has 1 aromatic carbocycles. The Hall–Kier alpha value is -3.36. The molecule has 1 aliphatic heterocycles. The average Bonchev–Trinajstić information content (AvgIpc) is 3.47. The second-order valence-electron chi connectivity index (χ2n) is 7.84. The van der Waals surface area contributed by atoms with Gasteiger partial charge in [-0.3, -0.25) is 19.4 Å². The summed E-state index contributed by atoms with van der Waals surface area (Å²) in [6, 6.07) is 14.3. The van der Waals surface area contributed by atoms with E-state index in [4.69, 9.17) is 5.10 Å². The van der Waals surface area contributed by atoms with Crippen molar-refractivity contribution in [2.24, 2.45) is 0 Å². The minimum atomic E-state index is -0.144. The number of hydrogen-bond donors (Lipinski definition) is 1. The third kappa shape index (κ3) is 4.61. The van der Waals surface area contributed by atoms with Crippen LogP contribution in [-0.4, -0.2) is 37.1 Å². The van der Waals surface area contributed by atoms with E-state index < -0.39 is 0 Å². The Morgan fingerprint density at radius 3 is 2.62 bits per heavy atom. The highest BCUT2D eigenvalue weighted by atomic mass is 32.1. The van der Waals surface area contributed by atoms with Crippen molar-refractivity contribution in [2.45, 2.75) is 32.6 Å². The fourth-order valence-electron chi connectivity index (χ4n) is 4.08. The Labute approximate surface area is 190 Å². The van der Waals surface area contributed by atoms with Gasteiger partial charge in [0, 0.05) is 61.3 Å². The van der Waals surface area contributed by atoms with Crippen LogP contribution in [0.5, 0.6) is 0 Å². The van der Waals surface area contributed by atoms with Crippen LogP contribution < -0.4 is 5.32 Å². The van der Waals surface area contributed by atoms with Crippen LogP contribution in [0.25, 0.3) is 0 Å². The van der Waals surface area contributed by atoms with Crippen molar-refractivity contribution in [1.29, 1.82) is 0 Å². The summed E-state index contributed by atoms with van der Waals surface area (Å²) in [4.78, 5) is 23.8. The third-order valence-electron chi connectivity index (χ3n) is 5.64. The van der Waals surface area contributed by atoms with Crippen molar-refractivity contribution in [3.63, 3.8) is 0 Å². The summed E-state index contributed by atoms with van der Waals surface area (Å²) in [5.74, 6) is -0.144. The van der Waals surface area contributed by atoms with Gasteiger partial charge in [0.25, 0.3) is 5.91 Å². The number of carbonyl (C=O) groups excluding carboxylic acids is 1. The van der Waals surface area contributed by atoms with E-state index in [9.17, 15) is 4.79 Å². The van der Waals surface area contributed by atoms with Crippen molar-refractivity contribution in [3.8, 4) is 0 Å². The fraction of sp³-hybridized carbons (Fsp3) is 0.250. The molecule has 0 atom stereocenters. The largest absolute Gasteiger partial charge is 0.344 e. The molecule has 1 aliphatic rings. The second-order valence-corrected chi connectivity index (χ2v) is 8.82. The van der Waals surface area contributed by atoms with Gasteiger partial charge >= 0.3 is 0 Å². The molecule has 1 N–H and O–H groups in total. The van der Waals surface area contributed by atoms with Crippen molar-refractivity contribution in [2.75, 3.05) is 6.54 Å². The van der Waals surface area contributed by atoms with E-state index in [1.165, 1.54) is 22.5 Å². The standard InChI is InChI=1S/C24H24N6OS/c31-24(27-14-22-26-11-13-32-22)23-20-17-29(15-19-6-9-25-10-7-19)12-8-21(20)30(28-23)16-18-4-2-1-3-5-18/h1-7,9-11,13H,8,12,14-17H2,(H,27,31). The van der Waals surface area contributed by atoms with Crippen LogP contribution >= 0.6 is 11.3 Å². The second kappa shape index (κ2) is 9.42. The lowest BCUT2D eigenvalue weighted by molar-refractivity contribution is 0.0942. The molecule has 0 radical (unpaired) electrons. The molecule has 0 fully saturated rings. The maximum absolute atomic E-state index is 13.1. The van der Waals surface area contributed by atoms with Crippen LogP contribution in [0.4, 0.5) is 0 Å². The van der Waals surface area contributed by atoms with Gasteiger partial charge in [0.1, 0.15) is 5.01 Å². The maximum atomic E-state index is 13.1. The molecule has 0 bridgehead atoms. The summed E-state index contributed by atoms with van der Waals surface area (Å²) in [5, 5.41) is 10.6. The lowest BCUT2D eigenvalue weighted by atomic mass is 10.0. The topological polar surface area (TPSA) is 75.9 Å². The zero-order chi connectivity index (χ0) is 21.8. The number of amides is 1. The zero-order valence-corrected chi connectivity index (χ0v) is 18.5. The van der Waals surface area contributed by atoms with Gasteiger partial charge in [0.15, 0.2) is 5.69 Å². The first kappa shape index (κ1) is 20.5. The molecule has 0 unspecified atom stereocenters. The summed E-state index contributed by atoms with van der Waals surface area (Å²) in [6.07, 6.45) is 6.25. The predicted molar refractivity (Wildman–Crippen MR) is 123 cm³/mol. The van der Waals surface area contributed by atoms with Crippen LogP contribution in [0, 0.1) is 0 Å². The van der Waals surface area contributed by atoms with E-state index in [2.05, 4.69) is 32.3 Å². The quantitative estimate of drug-likeness (QED) is 0.474. The Morgan fingerprint density at radius 2 is 1.84 bits per heavy atom. The highest BCUT2D eigenvalue weighted by Crippen LogP contribution is 2.25. The first-order valence-corrected chi connectivity index (χ1v) is 11.5. The number of fused-ring (bicyclic) bond motifs is 1. The summed E-state index contributed by atoms with van der Waals surface area (Å²) in [5.41, 5.74) is 5.09. The number of thiazole rings is 1. The lowest BCUT2D eigenvalue weighted by Crippen LogP contribution is -2.32. The van der Waals surface area contributed by atoms with Crippen molar-refractivity contribution in [3.05, 3.63) is 99.5 Å². The van der Waals surface area contributed by atoms with Gasteiger partial charge in [-0.25, -0.2) is 4.98 Å². The van der Waals surface area contributed by atoms with Gasteiger partial charge in [-0.1, -0.05) is 30.3 Å². The number of nitrogens with zero attached hydrogens (tertiary/aromatic N) is 5. The summed E-state index contributed by atoms with van der Waals surface area (Å²) < 4.78 is 2.01. The number of carbonyl (C=O) groups is 1. The molecule has 0 saturated carbocycles. The fourth-order valence-corrected chi connectivity index (χ4v) is 4.63. The maximum Gasteiger partial charge on any atom is 0.272 e. The van der Waals surface area contributed by atoms with Gasteiger partial charge in [-0.15, -0.1) is 11.3 Å². The smallest absolute Gasteiger partial charge is 0.272 e. The van der Waals surface area contributed by atoms with E-state index in [1.54, 1.807) is 6.20 Å². The lowest BCUT2D eigenvalue weighted by Gasteiger charge is -2.27. The zero-order valence-electron chi connectivity index (χ0n) is 17.6. The molecule has 5 rings (SSSR count). The SMILES string of the molecule is O=C(NCc1nccs1)c1nn(Cc2ccccc2)c2c1CN(Cc1ccncc1)CC2. The molecule has 4 heterocycles. The molecule has 3 aromatic heterocycles. The number of aromatic nitrogens is 4. The summed E-state index contributed by atoms with van der Waals surface area (Å²) in [6.45, 7) is 3.53. The van der Waals surface area contributed by atoms with Crippen LogP contribution in [0.3, 0.4) is 0 Å². The normalized spacial score (nSPS) is 13.6. The molecule has 7 nitrogen and oxygen atoms in total. The highest BCUT2D eigenvalue weighted by molar-refractivity contribution is 7.09. The molecular weight excluding hydrogens is 420 g/mol. The molecule has 0 saturated heterocycles. The number of pyridine rings is 1. The van der Waals surface area contributed by atoms with Gasteiger partial charge in [0.05, 0.1) is 13.1 Å². The van der Waals surface area contributed by atoms with Crippen molar-refractivity contribution < 1.29 is 4.79 Å². The molecule has 4 aromatic rings.